The number of methoxy groups -OCH3 is 1. The highest BCUT2D eigenvalue weighted by atomic mass is 16.5. The van der Waals surface area contributed by atoms with Crippen molar-refractivity contribution in [1.29, 1.82) is 10.8 Å². The van der Waals surface area contributed by atoms with Gasteiger partial charge in [0, 0.05) is 29.1 Å². The molecule has 0 fully saturated rings. The molecule has 0 atom stereocenters. The smallest absolute Gasteiger partial charge is 0.167 e. The fraction of sp³-hybridized carbons (Fsp3) is 0.385. The standard InChI is InChI=1S/C13H18N2O2/c1-4-8-9(5-2)13(17-3)12(16)11(7-15)10(8)6-14/h6-7,14-16H,4-5H2,1-3H3. The Hall–Kier alpha value is -1.84. The molecule has 0 saturated carbocycles. The first kappa shape index (κ1) is 13.2. The molecule has 0 spiro atoms. The van der Waals surface area contributed by atoms with E-state index in [4.69, 9.17) is 15.6 Å². The van der Waals surface area contributed by atoms with E-state index in [-0.39, 0.29) is 5.75 Å². The predicted octanol–water partition coefficient (Wildman–Crippen LogP) is 2.52. The molecule has 0 amide bonds. The van der Waals surface area contributed by atoms with Gasteiger partial charge in [0.2, 0.25) is 0 Å². The molecule has 0 saturated heterocycles. The Morgan fingerprint density at radius 2 is 1.59 bits per heavy atom. The van der Waals surface area contributed by atoms with E-state index >= 15 is 0 Å². The summed E-state index contributed by atoms with van der Waals surface area (Å²) in [6.45, 7) is 3.97. The van der Waals surface area contributed by atoms with Gasteiger partial charge in [-0.2, -0.15) is 0 Å². The minimum Gasteiger partial charge on any atom is -0.504 e. The summed E-state index contributed by atoms with van der Waals surface area (Å²) >= 11 is 0. The molecule has 4 nitrogen and oxygen atoms in total. The summed E-state index contributed by atoms with van der Waals surface area (Å²) < 4.78 is 5.22. The molecule has 0 aliphatic carbocycles. The topological polar surface area (TPSA) is 77.2 Å². The second-order valence-electron chi connectivity index (χ2n) is 3.66. The maximum absolute atomic E-state index is 10.1. The van der Waals surface area contributed by atoms with Gasteiger partial charge >= 0.3 is 0 Å². The van der Waals surface area contributed by atoms with Crippen LogP contribution in [0.25, 0.3) is 0 Å². The maximum atomic E-state index is 10.1. The van der Waals surface area contributed by atoms with Crippen molar-refractivity contribution in [3.63, 3.8) is 0 Å². The Balaban J connectivity index is 3.78. The molecule has 3 N–H and O–H groups in total. The van der Waals surface area contributed by atoms with Crippen molar-refractivity contribution in [1.82, 2.24) is 0 Å². The molecular formula is C13H18N2O2. The average molecular weight is 234 g/mol. The van der Waals surface area contributed by atoms with Gasteiger partial charge < -0.3 is 20.7 Å². The molecular weight excluding hydrogens is 216 g/mol. The van der Waals surface area contributed by atoms with E-state index in [9.17, 15) is 5.11 Å². The van der Waals surface area contributed by atoms with Gasteiger partial charge in [-0.25, -0.2) is 0 Å². The number of rotatable bonds is 5. The highest BCUT2D eigenvalue weighted by molar-refractivity contribution is 5.97. The highest BCUT2D eigenvalue weighted by Crippen LogP contribution is 2.38. The Morgan fingerprint density at radius 1 is 1.06 bits per heavy atom. The number of aromatic hydroxyl groups is 1. The molecule has 1 aromatic rings. The number of phenols is 1. The minimum absolute atomic E-state index is 0.0462. The van der Waals surface area contributed by atoms with Gasteiger partial charge in [-0.1, -0.05) is 13.8 Å². The number of benzene rings is 1. The lowest BCUT2D eigenvalue weighted by Crippen LogP contribution is -2.06. The Kier molecular flexibility index (Phi) is 4.26. The molecule has 0 unspecified atom stereocenters. The van der Waals surface area contributed by atoms with E-state index < -0.39 is 0 Å². The van der Waals surface area contributed by atoms with E-state index in [1.165, 1.54) is 13.3 Å². The van der Waals surface area contributed by atoms with Crippen molar-refractivity contribution < 1.29 is 9.84 Å². The van der Waals surface area contributed by atoms with Crippen LogP contribution >= 0.6 is 0 Å². The quantitative estimate of drug-likeness (QED) is 0.684. The first-order valence-corrected chi connectivity index (χ1v) is 5.61. The van der Waals surface area contributed by atoms with Crippen LogP contribution in [0, 0.1) is 10.8 Å². The van der Waals surface area contributed by atoms with Crippen molar-refractivity contribution in [3.05, 3.63) is 22.3 Å². The zero-order valence-corrected chi connectivity index (χ0v) is 10.4. The Labute approximate surface area is 101 Å². The van der Waals surface area contributed by atoms with Crippen LogP contribution in [0.4, 0.5) is 0 Å². The van der Waals surface area contributed by atoms with Crippen LogP contribution < -0.4 is 4.74 Å². The van der Waals surface area contributed by atoms with E-state index in [1.54, 1.807) is 0 Å². The van der Waals surface area contributed by atoms with E-state index in [2.05, 4.69) is 0 Å². The Morgan fingerprint density at radius 3 is 1.94 bits per heavy atom. The molecule has 0 bridgehead atoms. The van der Waals surface area contributed by atoms with Crippen molar-refractivity contribution >= 4 is 12.4 Å². The molecule has 4 heteroatoms. The van der Waals surface area contributed by atoms with Crippen LogP contribution in [0.2, 0.25) is 0 Å². The second kappa shape index (κ2) is 5.48. The van der Waals surface area contributed by atoms with E-state index in [0.29, 0.717) is 16.9 Å². The lowest BCUT2D eigenvalue weighted by atomic mass is 9.92. The van der Waals surface area contributed by atoms with Gasteiger partial charge in [-0.3, -0.25) is 0 Å². The van der Waals surface area contributed by atoms with Gasteiger partial charge in [0.25, 0.3) is 0 Å². The summed E-state index contributed by atoms with van der Waals surface area (Å²) in [5, 5.41) is 24.9. The third kappa shape index (κ3) is 2.02. The molecule has 92 valence electrons. The number of nitrogens with one attached hydrogen (secondary N) is 2. The molecule has 17 heavy (non-hydrogen) atoms. The van der Waals surface area contributed by atoms with Crippen LogP contribution in [-0.2, 0) is 12.8 Å². The van der Waals surface area contributed by atoms with Gasteiger partial charge in [0.15, 0.2) is 11.5 Å². The zero-order valence-electron chi connectivity index (χ0n) is 10.4. The highest BCUT2D eigenvalue weighted by Gasteiger charge is 2.20. The lowest BCUT2D eigenvalue weighted by molar-refractivity contribution is 0.368. The summed E-state index contributed by atoms with van der Waals surface area (Å²) in [7, 11) is 1.51. The minimum atomic E-state index is -0.0462. The van der Waals surface area contributed by atoms with Crippen molar-refractivity contribution in [3.8, 4) is 11.5 Å². The van der Waals surface area contributed by atoms with Crippen molar-refractivity contribution in [2.75, 3.05) is 7.11 Å². The molecule has 0 aliphatic rings. The van der Waals surface area contributed by atoms with E-state index in [1.807, 2.05) is 13.8 Å². The summed E-state index contributed by atoms with van der Waals surface area (Å²) in [4.78, 5) is 0. The largest absolute Gasteiger partial charge is 0.504 e. The second-order valence-corrected chi connectivity index (χ2v) is 3.66. The number of hydrogen-bond acceptors (Lipinski definition) is 4. The fourth-order valence-electron chi connectivity index (χ4n) is 2.16. The summed E-state index contributed by atoms with van der Waals surface area (Å²) in [6.07, 6.45) is 3.72. The number of phenolic OH excluding ortho intramolecular Hbond substituents is 1. The summed E-state index contributed by atoms with van der Waals surface area (Å²) in [5.74, 6) is 0.378. The molecule has 0 aliphatic heterocycles. The van der Waals surface area contributed by atoms with Gasteiger partial charge in [0.1, 0.15) is 0 Å². The predicted molar refractivity (Wildman–Crippen MR) is 69.2 cm³/mol. The van der Waals surface area contributed by atoms with Crippen LogP contribution in [0.5, 0.6) is 11.5 Å². The van der Waals surface area contributed by atoms with E-state index in [0.717, 1.165) is 30.2 Å². The first-order chi connectivity index (χ1) is 8.15. The SMILES string of the molecule is CCc1c(C=N)c(C=N)c(O)c(OC)c1CC. The number of hydrogen-bond donors (Lipinski definition) is 3. The first-order valence-electron chi connectivity index (χ1n) is 5.61. The summed E-state index contributed by atoms with van der Waals surface area (Å²) in [6, 6.07) is 0. The lowest BCUT2D eigenvalue weighted by Gasteiger charge is -2.18. The normalized spacial score (nSPS) is 10.1. The van der Waals surface area contributed by atoms with Gasteiger partial charge in [-0.15, -0.1) is 0 Å². The molecule has 0 heterocycles. The van der Waals surface area contributed by atoms with Crippen LogP contribution in [-0.4, -0.2) is 24.6 Å². The number of ether oxygens (including phenoxy) is 1. The van der Waals surface area contributed by atoms with Crippen LogP contribution in [0.15, 0.2) is 0 Å². The summed E-state index contributed by atoms with van der Waals surface area (Å²) in [5.41, 5.74) is 2.84. The van der Waals surface area contributed by atoms with Crippen molar-refractivity contribution in [2.45, 2.75) is 26.7 Å². The van der Waals surface area contributed by atoms with Crippen LogP contribution in [0.3, 0.4) is 0 Å². The van der Waals surface area contributed by atoms with Gasteiger partial charge in [-0.05, 0) is 18.4 Å². The molecule has 0 aromatic heterocycles. The van der Waals surface area contributed by atoms with Gasteiger partial charge in [0.05, 0.1) is 7.11 Å². The zero-order chi connectivity index (χ0) is 13.0. The molecule has 1 aromatic carbocycles. The third-order valence-electron chi connectivity index (χ3n) is 2.92. The molecule has 0 radical (unpaired) electrons. The Bertz CT molecular complexity index is 453. The monoisotopic (exact) mass is 234 g/mol. The maximum Gasteiger partial charge on any atom is 0.167 e. The molecule has 1 rings (SSSR count). The average Bonchev–Trinajstić information content (AvgIpc) is 2.36. The van der Waals surface area contributed by atoms with Crippen molar-refractivity contribution in [2.24, 2.45) is 0 Å². The fourth-order valence-corrected chi connectivity index (χ4v) is 2.16. The van der Waals surface area contributed by atoms with Crippen LogP contribution in [0.1, 0.15) is 36.1 Å². The third-order valence-corrected chi connectivity index (χ3v) is 2.92.